The Morgan fingerprint density at radius 1 is 1.00 bits per heavy atom. The lowest BCUT2D eigenvalue weighted by Gasteiger charge is -2.37. The zero-order valence-electron chi connectivity index (χ0n) is 16.7. The predicted octanol–water partition coefficient (Wildman–Crippen LogP) is 4.82. The third-order valence-corrected chi connectivity index (χ3v) is 5.46. The Morgan fingerprint density at radius 2 is 1.71 bits per heavy atom. The fourth-order valence-corrected chi connectivity index (χ4v) is 3.94. The van der Waals surface area contributed by atoms with E-state index >= 15 is 0 Å². The van der Waals surface area contributed by atoms with Crippen molar-refractivity contribution < 1.29 is 18.0 Å². The number of hydrogen-bond acceptors (Lipinski definition) is 3. The van der Waals surface area contributed by atoms with Gasteiger partial charge in [-0.25, -0.2) is 4.68 Å². The summed E-state index contributed by atoms with van der Waals surface area (Å²) in [6.45, 7) is 3.03. The number of alkyl halides is 3. The molecule has 1 aliphatic heterocycles. The number of amides is 1. The van der Waals surface area contributed by atoms with Gasteiger partial charge in [0, 0.05) is 36.9 Å². The van der Waals surface area contributed by atoms with Crippen molar-refractivity contribution in [2.75, 3.05) is 31.1 Å². The van der Waals surface area contributed by atoms with E-state index in [9.17, 15) is 18.0 Å². The molecule has 1 fully saturated rings. The van der Waals surface area contributed by atoms with Crippen LogP contribution in [0.25, 0.3) is 5.69 Å². The molecule has 0 unspecified atom stereocenters. The van der Waals surface area contributed by atoms with E-state index in [1.807, 2.05) is 0 Å². The fraction of sp³-hybridized carbons (Fsp3) is 0.273. The number of anilines is 1. The second kappa shape index (κ2) is 8.26. The van der Waals surface area contributed by atoms with Gasteiger partial charge in [-0.3, -0.25) is 4.79 Å². The van der Waals surface area contributed by atoms with Gasteiger partial charge in [-0.1, -0.05) is 29.8 Å². The lowest BCUT2D eigenvalue weighted by atomic mass is 10.1. The molecule has 0 aliphatic carbocycles. The van der Waals surface area contributed by atoms with Crippen LogP contribution in [0.1, 0.15) is 21.7 Å². The van der Waals surface area contributed by atoms with E-state index in [1.54, 1.807) is 57.8 Å². The van der Waals surface area contributed by atoms with Gasteiger partial charge in [0.1, 0.15) is 5.69 Å². The van der Waals surface area contributed by atoms with Crippen LogP contribution in [-0.4, -0.2) is 46.8 Å². The van der Waals surface area contributed by atoms with Gasteiger partial charge in [0.05, 0.1) is 16.9 Å². The molecule has 0 radical (unpaired) electrons. The summed E-state index contributed by atoms with van der Waals surface area (Å²) in [7, 11) is 0. The van der Waals surface area contributed by atoms with E-state index in [1.165, 1.54) is 12.1 Å². The molecule has 3 aromatic rings. The average molecular weight is 449 g/mol. The highest BCUT2D eigenvalue weighted by molar-refractivity contribution is 6.30. The van der Waals surface area contributed by atoms with Crippen molar-refractivity contribution >= 4 is 23.2 Å². The van der Waals surface area contributed by atoms with Gasteiger partial charge in [0.25, 0.3) is 5.91 Å². The fourth-order valence-electron chi connectivity index (χ4n) is 3.76. The molecule has 0 spiro atoms. The van der Waals surface area contributed by atoms with E-state index in [0.717, 1.165) is 6.07 Å². The zero-order chi connectivity index (χ0) is 22.2. The van der Waals surface area contributed by atoms with Crippen LogP contribution >= 0.6 is 11.6 Å². The minimum atomic E-state index is -4.43. The molecule has 0 bridgehead atoms. The summed E-state index contributed by atoms with van der Waals surface area (Å²) in [4.78, 5) is 16.5. The third-order valence-electron chi connectivity index (χ3n) is 5.22. The third kappa shape index (κ3) is 4.39. The topological polar surface area (TPSA) is 41.4 Å². The second-order valence-corrected chi connectivity index (χ2v) is 7.79. The number of aromatic nitrogens is 2. The molecule has 4 rings (SSSR count). The van der Waals surface area contributed by atoms with Gasteiger partial charge >= 0.3 is 6.18 Å². The Labute approximate surface area is 182 Å². The quantitative estimate of drug-likeness (QED) is 0.577. The highest BCUT2D eigenvalue weighted by Crippen LogP contribution is 2.36. The maximum Gasteiger partial charge on any atom is 0.418 e. The Morgan fingerprint density at radius 3 is 2.39 bits per heavy atom. The first-order chi connectivity index (χ1) is 14.7. The van der Waals surface area contributed by atoms with Crippen LogP contribution in [0.15, 0.2) is 54.6 Å². The molecular weight excluding hydrogens is 429 g/mol. The number of carbonyl (C=O) groups excluding carboxylic acids is 1. The molecule has 1 aliphatic rings. The van der Waals surface area contributed by atoms with Gasteiger partial charge in [0.2, 0.25) is 0 Å². The molecule has 1 aromatic heterocycles. The monoisotopic (exact) mass is 448 g/mol. The summed E-state index contributed by atoms with van der Waals surface area (Å²) < 4.78 is 41.6. The summed E-state index contributed by atoms with van der Waals surface area (Å²) in [6.07, 6.45) is -4.43. The Hall–Kier alpha value is -3.00. The first-order valence-electron chi connectivity index (χ1n) is 9.77. The number of nitrogens with zero attached hydrogens (tertiary/aromatic N) is 4. The summed E-state index contributed by atoms with van der Waals surface area (Å²) in [6, 6.07) is 14.3. The maximum absolute atomic E-state index is 13.4. The molecule has 0 atom stereocenters. The normalized spacial score (nSPS) is 14.7. The summed E-state index contributed by atoms with van der Waals surface area (Å²) in [5.41, 5.74) is 1.22. The van der Waals surface area contributed by atoms with E-state index < -0.39 is 11.7 Å². The maximum atomic E-state index is 13.4. The minimum Gasteiger partial charge on any atom is -0.367 e. The zero-order valence-corrected chi connectivity index (χ0v) is 17.5. The minimum absolute atomic E-state index is 0.141. The molecule has 1 amide bonds. The number of halogens is 4. The van der Waals surface area contributed by atoms with Gasteiger partial charge < -0.3 is 9.80 Å². The molecule has 0 saturated carbocycles. The van der Waals surface area contributed by atoms with E-state index in [-0.39, 0.29) is 11.6 Å². The summed E-state index contributed by atoms with van der Waals surface area (Å²) in [5.74, 6) is -0.218. The van der Waals surface area contributed by atoms with Crippen LogP contribution in [0.4, 0.5) is 18.9 Å². The highest BCUT2D eigenvalue weighted by Gasteiger charge is 2.35. The number of carbonyl (C=O) groups is 1. The smallest absolute Gasteiger partial charge is 0.367 e. The van der Waals surface area contributed by atoms with Gasteiger partial charge in [-0.15, -0.1) is 0 Å². The van der Waals surface area contributed by atoms with Crippen molar-refractivity contribution in [1.82, 2.24) is 14.7 Å². The van der Waals surface area contributed by atoms with Crippen molar-refractivity contribution in [3.63, 3.8) is 0 Å². The van der Waals surface area contributed by atoms with Crippen LogP contribution in [0.3, 0.4) is 0 Å². The first-order valence-corrected chi connectivity index (χ1v) is 10.1. The average Bonchev–Trinajstić information content (AvgIpc) is 3.14. The molecule has 2 heterocycles. The summed E-state index contributed by atoms with van der Waals surface area (Å²) >= 11 is 6.08. The number of piperazine rings is 1. The predicted molar refractivity (Wildman–Crippen MR) is 113 cm³/mol. The molecule has 5 nitrogen and oxygen atoms in total. The number of hydrogen-bond donors (Lipinski definition) is 0. The van der Waals surface area contributed by atoms with Gasteiger partial charge in [-0.05, 0) is 43.3 Å². The number of benzene rings is 2. The standard InChI is InChI=1S/C22H20ClF3N4O/c1-15-13-20(30(27-15)17-6-4-5-16(23)14-17)21(31)29-11-9-28(10-12-29)19-8-3-2-7-18(19)22(24,25)26/h2-8,13-14H,9-12H2,1H3. The van der Waals surface area contributed by atoms with E-state index in [4.69, 9.17) is 11.6 Å². The molecule has 0 N–H and O–H groups in total. The van der Waals surface area contributed by atoms with Crippen LogP contribution in [0, 0.1) is 6.92 Å². The highest BCUT2D eigenvalue weighted by atomic mass is 35.5. The molecular formula is C22H20ClF3N4O. The van der Waals surface area contributed by atoms with E-state index in [2.05, 4.69) is 5.10 Å². The Kier molecular flexibility index (Phi) is 5.66. The molecule has 2 aromatic carbocycles. The number of rotatable bonds is 3. The molecule has 31 heavy (non-hydrogen) atoms. The Bertz CT molecular complexity index is 1100. The number of aryl methyl sites for hydroxylation is 1. The largest absolute Gasteiger partial charge is 0.418 e. The lowest BCUT2D eigenvalue weighted by Crippen LogP contribution is -2.49. The molecule has 9 heteroatoms. The van der Waals surface area contributed by atoms with Crippen LogP contribution in [0.2, 0.25) is 5.02 Å². The van der Waals surface area contributed by atoms with Crippen LogP contribution in [0.5, 0.6) is 0 Å². The van der Waals surface area contributed by atoms with Crippen molar-refractivity contribution in [3.8, 4) is 5.69 Å². The van der Waals surface area contributed by atoms with Gasteiger partial charge in [-0.2, -0.15) is 18.3 Å². The van der Waals surface area contributed by atoms with Crippen molar-refractivity contribution in [1.29, 1.82) is 0 Å². The second-order valence-electron chi connectivity index (χ2n) is 7.36. The SMILES string of the molecule is Cc1cc(C(=O)N2CCN(c3ccccc3C(F)(F)F)CC2)n(-c2cccc(Cl)c2)n1. The van der Waals surface area contributed by atoms with Crippen LogP contribution in [-0.2, 0) is 6.18 Å². The van der Waals surface area contributed by atoms with Crippen LogP contribution < -0.4 is 4.90 Å². The lowest BCUT2D eigenvalue weighted by molar-refractivity contribution is -0.137. The van der Waals surface area contributed by atoms with E-state index in [0.29, 0.717) is 48.3 Å². The number of para-hydroxylation sites is 1. The molecule has 162 valence electrons. The van der Waals surface area contributed by atoms with Crippen molar-refractivity contribution in [2.45, 2.75) is 13.1 Å². The van der Waals surface area contributed by atoms with Gasteiger partial charge in [0.15, 0.2) is 0 Å². The van der Waals surface area contributed by atoms with Crippen molar-refractivity contribution in [2.24, 2.45) is 0 Å². The summed E-state index contributed by atoms with van der Waals surface area (Å²) in [5, 5.41) is 4.94. The Balaban J connectivity index is 1.53. The van der Waals surface area contributed by atoms with Crippen molar-refractivity contribution in [3.05, 3.63) is 76.6 Å². The molecule has 1 saturated heterocycles. The first kappa shape index (κ1) is 21.2.